The molecule has 0 aliphatic carbocycles. The number of sulfonamides is 1. The second kappa shape index (κ2) is 12.2. The van der Waals surface area contributed by atoms with Gasteiger partial charge < -0.3 is 10.2 Å². The number of benzene rings is 3. The van der Waals surface area contributed by atoms with Gasteiger partial charge in [0, 0.05) is 22.7 Å². The maximum Gasteiger partial charge on any atom is 0.264 e. The fourth-order valence-corrected chi connectivity index (χ4v) is 5.45. The average Bonchev–Trinajstić information content (AvgIpc) is 2.85. The molecule has 0 radical (unpaired) electrons. The van der Waals surface area contributed by atoms with Crippen LogP contribution in [0.15, 0.2) is 77.7 Å². The Morgan fingerprint density at radius 1 is 1.00 bits per heavy atom. The lowest BCUT2D eigenvalue weighted by molar-refractivity contribution is -0.140. The van der Waals surface area contributed by atoms with Crippen molar-refractivity contribution >= 4 is 39.1 Å². The average molecular weight is 574 g/mol. The number of hydrogen-bond donors (Lipinski definition) is 1. The predicted octanol–water partition coefficient (Wildman–Crippen LogP) is 5.31. The van der Waals surface area contributed by atoms with Gasteiger partial charge in [0.05, 0.1) is 10.6 Å². The second-order valence-corrected chi connectivity index (χ2v) is 12.6. The maximum atomic E-state index is 14.6. The van der Waals surface area contributed by atoms with Crippen LogP contribution in [0.25, 0.3) is 0 Å². The number of amides is 2. The van der Waals surface area contributed by atoms with Gasteiger partial charge in [-0.3, -0.25) is 13.9 Å². The van der Waals surface area contributed by atoms with E-state index in [1.54, 1.807) is 51.1 Å². The standard InChI is InChI=1S/C29H33ClFN3O4S/c1-20-13-15-25(16-14-20)39(37,38)34(24-11-8-10-23(30)17-24)19-27(35)33(18-22-9-6-7-12-26(22)31)21(2)28(36)32-29(3,4)5/h6-17,21H,18-19H2,1-5H3,(H,32,36). The van der Waals surface area contributed by atoms with Gasteiger partial charge in [-0.25, -0.2) is 12.8 Å². The molecule has 3 rings (SSSR count). The van der Waals surface area contributed by atoms with Crippen molar-refractivity contribution in [3.8, 4) is 0 Å². The lowest BCUT2D eigenvalue weighted by atomic mass is 10.1. The van der Waals surface area contributed by atoms with E-state index in [9.17, 15) is 22.4 Å². The minimum atomic E-state index is -4.22. The van der Waals surface area contributed by atoms with Crippen LogP contribution in [0, 0.1) is 12.7 Å². The fraction of sp³-hybridized carbons (Fsp3) is 0.310. The molecule has 0 bridgehead atoms. The number of carbonyl (C=O) groups excluding carboxylic acids is 2. The summed E-state index contributed by atoms with van der Waals surface area (Å²) in [5.41, 5.74) is 0.653. The minimum Gasteiger partial charge on any atom is -0.350 e. The van der Waals surface area contributed by atoms with Gasteiger partial charge in [-0.05, 0) is 71.0 Å². The van der Waals surface area contributed by atoms with Gasteiger partial charge in [-0.2, -0.15) is 0 Å². The Morgan fingerprint density at radius 3 is 2.23 bits per heavy atom. The first-order chi connectivity index (χ1) is 18.2. The Labute approximate surface area is 234 Å². The summed E-state index contributed by atoms with van der Waals surface area (Å²) >= 11 is 6.17. The molecule has 0 heterocycles. The summed E-state index contributed by atoms with van der Waals surface area (Å²) in [4.78, 5) is 28.1. The van der Waals surface area contributed by atoms with Crippen molar-refractivity contribution < 1.29 is 22.4 Å². The molecule has 0 saturated heterocycles. The van der Waals surface area contributed by atoms with Crippen molar-refractivity contribution in [1.82, 2.24) is 10.2 Å². The smallest absolute Gasteiger partial charge is 0.264 e. The van der Waals surface area contributed by atoms with Gasteiger partial charge >= 0.3 is 0 Å². The summed E-state index contributed by atoms with van der Waals surface area (Å²) in [6.45, 7) is 7.88. The van der Waals surface area contributed by atoms with Crippen molar-refractivity contribution in [2.24, 2.45) is 0 Å². The van der Waals surface area contributed by atoms with Crippen LogP contribution in [-0.4, -0.2) is 43.3 Å². The Balaban J connectivity index is 2.05. The van der Waals surface area contributed by atoms with Gasteiger partial charge in [0.25, 0.3) is 10.0 Å². The number of nitrogens with zero attached hydrogens (tertiary/aromatic N) is 2. The number of anilines is 1. The third kappa shape index (κ3) is 7.80. The van der Waals surface area contributed by atoms with E-state index in [1.165, 1.54) is 54.3 Å². The van der Waals surface area contributed by atoms with Crippen LogP contribution in [0.4, 0.5) is 10.1 Å². The topological polar surface area (TPSA) is 86.8 Å². The van der Waals surface area contributed by atoms with E-state index < -0.39 is 45.8 Å². The number of carbonyl (C=O) groups is 2. The first kappa shape index (κ1) is 30.1. The fourth-order valence-electron chi connectivity index (χ4n) is 3.86. The molecule has 7 nitrogen and oxygen atoms in total. The van der Waals surface area contributed by atoms with Crippen molar-refractivity contribution in [1.29, 1.82) is 0 Å². The van der Waals surface area contributed by atoms with Gasteiger partial charge in [-0.15, -0.1) is 0 Å². The maximum absolute atomic E-state index is 14.6. The van der Waals surface area contributed by atoms with Crippen LogP contribution < -0.4 is 9.62 Å². The van der Waals surface area contributed by atoms with E-state index in [2.05, 4.69) is 5.32 Å². The van der Waals surface area contributed by atoms with Gasteiger partial charge in [-0.1, -0.05) is 53.6 Å². The first-order valence-corrected chi connectivity index (χ1v) is 14.2. The number of hydrogen-bond acceptors (Lipinski definition) is 4. The Bertz CT molecular complexity index is 1440. The van der Waals surface area contributed by atoms with Crippen LogP contribution in [0.3, 0.4) is 0 Å². The molecule has 3 aromatic rings. The van der Waals surface area contributed by atoms with Crippen molar-refractivity contribution in [3.05, 3.63) is 94.8 Å². The van der Waals surface area contributed by atoms with Crippen molar-refractivity contribution in [3.63, 3.8) is 0 Å². The molecule has 0 aliphatic heterocycles. The highest BCUT2D eigenvalue weighted by Crippen LogP contribution is 2.27. The number of halogens is 2. The normalized spacial score (nSPS) is 12.5. The Morgan fingerprint density at radius 2 is 1.64 bits per heavy atom. The molecule has 0 fully saturated rings. The van der Waals surface area contributed by atoms with E-state index in [-0.39, 0.29) is 27.7 Å². The molecule has 0 aromatic heterocycles. The zero-order chi connectivity index (χ0) is 29.0. The summed E-state index contributed by atoms with van der Waals surface area (Å²) in [5, 5.41) is 3.12. The van der Waals surface area contributed by atoms with E-state index in [0.717, 1.165) is 9.87 Å². The van der Waals surface area contributed by atoms with Gasteiger partial charge in [0.15, 0.2) is 0 Å². The highest BCUT2D eigenvalue weighted by molar-refractivity contribution is 7.92. The highest BCUT2D eigenvalue weighted by atomic mass is 35.5. The van der Waals surface area contributed by atoms with E-state index in [4.69, 9.17) is 11.6 Å². The SMILES string of the molecule is Cc1ccc(S(=O)(=O)N(CC(=O)N(Cc2ccccc2F)C(C)C(=O)NC(C)(C)C)c2cccc(Cl)c2)cc1. The zero-order valence-corrected chi connectivity index (χ0v) is 24.2. The Hall–Kier alpha value is -3.43. The number of rotatable bonds is 9. The Kier molecular flexibility index (Phi) is 9.40. The van der Waals surface area contributed by atoms with Gasteiger partial charge in [0.2, 0.25) is 11.8 Å². The van der Waals surface area contributed by atoms with Crippen molar-refractivity contribution in [2.45, 2.75) is 57.6 Å². The van der Waals surface area contributed by atoms with Gasteiger partial charge in [0.1, 0.15) is 18.4 Å². The molecule has 0 saturated carbocycles. The predicted molar refractivity (Wildman–Crippen MR) is 151 cm³/mol. The first-order valence-electron chi connectivity index (χ1n) is 12.4. The van der Waals surface area contributed by atoms with Crippen LogP contribution in [0.1, 0.15) is 38.8 Å². The molecular weight excluding hydrogens is 541 g/mol. The lowest BCUT2D eigenvalue weighted by Crippen LogP contribution is -2.54. The van der Waals surface area contributed by atoms with Crippen LogP contribution in [-0.2, 0) is 26.2 Å². The molecule has 3 aromatic carbocycles. The molecule has 1 unspecified atom stereocenters. The number of aryl methyl sites for hydroxylation is 1. The molecule has 0 aliphatic rings. The summed E-state index contributed by atoms with van der Waals surface area (Å²) in [6.07, 6.45) is 0. The summed E-state index contributed by atoms with van der Waals surface area (Å²) < 4.78 is 43.1. The van der Waals surface area contributed by atoms with E-state index in [1.807, 2.05) is 6.92 Å². The summed E-state index contributed by atoms with van der Waals surface area (Å²) in [6, 6.07) is 17.3. The second-order valence-electron chi connectivity index (χ2n) is 10.3. The van der Waals surface area contributed by atoms with Crippen LogP contribution in [0.5, 0.6) is 0 Å². The molecular formula is C29H33ClFN3O4S. The molecule has 10 heteroatoms. The lowest BCUT2D eigenvalue weighted by Gasteiger charge is -2.33. The minimum absolute atomic E-state index is 0.0138. The third-order valence-electron chi connectivity index (χ3n) is 5.95. The van der Waals surface area contributed by atoms with E-state index >= 15 is 0 Å². The van der Waals surface area contributed by atoms with Crippen LogP contribution >= 0.6 is 11.6 Å². The molecule has 2 amide bonds. The third-order valence-corrected chi connectivity index (χ3v) is 7.97. The molecule has 39 heavy (non-hydrogen) atoms. The summed E-state index contributed by atoms with van der Waals surface area (Å²) in [7, 11) is -4.22. The summed E-state index contributed by atoms with van der Waals surface area (Å²) in [5.74, 6) is -1.69. The monoisotopic (exact) mass is 573 g/mol. The number of nitrogens with one attached hydrogen (secondary N) is 1. The molecule has 1 atom stereocenters. The quantitative estimate of drug-likeness (QED) is 0.376. The van der Waals surface area contributed by atoms with E-state index in [0.29, 0.717) is 0 Å². The zero-order valence-electron chi connectivity index (χ0n) is 22.6. The molecule has 0 spiro atoms. The largest absolute Gasteiger partial charge is 0.350 e. The highest BCUT2D eigenvalue weighted by Gasteiger charge is 2.33. The molecule has 1 N–H and O–H groups in total. The van der Waals surface area contributed by atoms with Crippen LogP contribution in [0.2, 0.25) is 5.02 Å². The molecule has 208 valence electrons. The van der Waals surface area contributed by atoms with Crippen molar-refractivity contribution in [2.75, 3.05) is 10.8 Å².